The fourth-order valence-electron chi connectivity index (χ4n) is 2.15. The minimum absolute atomic E-state index is 0.0353. The summed E-state index contributed by atoms with van der Waals surface area (Å²) in [5, 5.41) is 0.617. The molecule has 0 aliphatic rings. The lowest BCUT2D eigenvalue weighted by Gasteiger charge is -2.04. The average Bonchev–Trinajstić information content (AvgIpc) is 2.90. The first kappa shape index (κ1) is 12.8. The van der Waals surface area contributed by atoms with Crippen LogP contribution in [0.5, 0.6) is 5.75 Å². The van der Waals surface area contributed by atoms with Crippen molar-refractivity contribution in [3.63, 3.8) is 0 Å². The van der Waals surface area contributed by atoms with E-state index in [0.717, 1.165) is 11.3 Å². The van der Waals surface area contributed by atoms with Crippen molar-refractivity contribution in [2.75, 3.05) is 7.11 Å². The maximum atomic E-state index is 12.5. The summed E-state index contributed by atoms with van der Waals surface area (Å²) in [7, 11) is 1.62. The van der Waals surface area contributed by atoms with Crippen molar-refractivity contribution >= 4 is 22.9 Å². The van der Waals surface area contributed by atoms with Crippen LogP contribution in [0.25, 0.3) is 5.52 Å². The topological polar surface area (TPSA) is 30.7 Å². The Morgan fingerprint density at radius 1 is 1.10 bits per heavy atom. The molecule has 0 fully saturated rings. The van der Waals surface area contributed by atoms with Gasteiger partial charge >= 0.3 is 0 Å². The van der Waals surface area contributed by atoms with Gasteiger partial charge in [0.2, 0.25) is 5.78 Å². The van der Waals surface area contributed by atoms with Crippen LogP contribution in [-0.2, 0) is 0 Å². The lowest BCUT2D eigenvalue weighted by molar-refractivity contribution is 0.103. The quantitative estimate of drug-likeness (QED) is 0.685. The number of halogens is 1. The number of benzene rings is 1. The highest BCUT2D eigenvalue weighted by Crippen LogP contribution is 2.20. The molecule has 0 radical (unpaired) electrons. The summed E-state index contributed by atoms with van der Waals surface area (Å²) < 4.78 is 7.02. The van der Waals surface area contributed by atoms with Gasteiger partial charge in [-0.25, -0.2) is 0 Å². The van der Waals surface area contributed by atoms with Gasteiger partial charge in [0, 0.05) is 28.4 Å². The summed E-state index contributed by atoms with van der Waals surface area (Å²) in [5.41, 5.74) is 2.15. The number of ether oxygens (including phenoxy) is 1. The Morgan fingerprint density at radius 3 is 2.55 bits per heavy atom. The molecule has 0 atom stereocenters. The fourth-order valence-corrected chi connectivity index (χ4v) is 2.28. The summed E-state index contributed by atoms with van der Waals surface area (Å²) >= 11 is 5.84. The molecule has 0 saturated heterocycles. The summed E-state index contributed by atoms with van der Waals surface area (Å²) in [4.78, 5) is 12.5. The highest BCUT2D eigenvalue weighted by molar-refractivity contribution is 6.30. The smallest absolute Gasteiger partial charge is 0.209 e. The molecule has 0 N–H and O–H groups in total. The van der Waals surface area contributed by atoms with E-state index in [9.17, 15) is 4.79 Å². The van der Waals surface area contributed by atoms with E-state index in [1.54, 1.807) is 31.4 Å². The number of methoxy groups -OCH3 is 1. The monoisotopic (exact) mass is 285 g/mol. The van der Waals surface area contributed by atoms with Crippen molar-refractivity contribution in [1.29, 1.82) is 0 Å². The molecule has 0 aliphatic carbocycles. The highest BCUT2D eigenvalue weighted by Gasteiger charge is 2.13. The van der Waals surface area contributed by atoms with Gasteiger partial charge in [0.05, 0.1) is 12.8 Å². The zero-order valence-electron chi connectivity index (χ0n) is 10.8. The van der Waals surface area contributed by atoms with Gasteiger partial charge in [-0.1, -0.05) is 11.6 Å². The Labute approximate surface area is 121 Å². The van der Waals surface area contributed by atoms with Crippen LogP contribution >= 0.6 is 11.6 Å². The fraction of sp³-hybridized carbons (Fsp3) is 0.0625. The molecular formula is C16H12ClNO2. The molecule has 0 amide bonds. The van der Waals surface area contributed by atoms with Gasteiger partial charge in [-0.05, 0) is 42.5 Å². The minimum Gasteiger partial charge on any atom is -0.497 e. The first-order chi connectivity index (χ1) is 9.69. The Bertz CT molecular complexity index is 775. The normalized spacial score (nSPS) is 10.7. The van der Waals surface area contributed by atoms with Crippen molar-refractivity contribution < 1.29 is 9.53 Å². The van der Waals surface area contributed by atoms with Crippen LogP contribution in [0.1, 0.15) is 16.1 Å². The Balaban J connectivity index is 2.05. The van der Waals surface area contributed by atoms with Crippen LogP contribution in [0, 0.1) is 0 Å². The van der Waals surface area contributed by atoms with Gasteiger partial charge in [0.1, 0.15) is 5.75 Å². The van der Waals surface area contributed by atoms with Gasteiger partial charge in [-0.2, -0.15) is 0 Å². The van der Waals surface area contributed by atoms with E-state index in [4.69, 9.17) is 16.3 Å². The number of aromatic nitrogens is 1. The number of fused-ring (bicyclic) bond motifs is 1. The SMILES string of the molecule is COc1ccn2c(C(=O)c3ccc(Cl)cc3)ccc2c1. The van der Waals surface area contributed by atoms with E-state index in [1.807, 2.05) is 34.9 Å². The lowest BCUT2D eigenvalue weighted by Crippen LogP contribution is -2.04. The summed E-state index contributed by atoms with van der Waals surface area (Å²) in [6.07, 6.45) is 1.83. The van der Waals surface area contributed by atoms with Crippen molar-refractivity contribution in [2.45, 2.75) is 0 Å². The second kappa shape index (κ2) is 5.02. The number of nitrogens with zero attached hydrogens (tertiary/aromatic N) is 1. The van der Waals surface area contributed by atoms with E-state index < -0.39 is 0 Å². The molecule has 4 heteroatoms. The van der Waals surface area contributed by atoms with Crippen LogP contribution in [0.4, 0.5) is 0 Å². The molecule has 0 aliphatic heterocycles. The zero-order valence-corrected chi connectivity index (χ0v) is 11.6. The number of ketones is 1. The summed E-state index contributed by atoms with van der Waals surface area (Å²) in [6, 6.07) is 14.3. The van der Waals surface area contributed by atoms with Crippen molar-refractivity contribution in [1.82, 2.24) is 4.40 Å². The second-order valence-electron chi connectivity index (χ2n) is 4.42. The molecule has 20 heavy (non-hydrogen) atoms. The highest BCUT2D eigenvalue weighted by atomic mass is 35.5. The first-order valence-corrected chi connectivity index (χ1v) is 6.52. The number of hydrogen-bond acceptors (Lipinski definition) is 2. The third-order valence-corrected chi connectivity index (χ3v) is 3.45. The number of carbonyl (C=O) groups is 1. The minimum atomic E-state index is -0.0353. The molecule has 0 unspecified atom stereocenters. The van der Waals surface area contributed by atoms with Crippen LogP contribution in [-0.4, -0.2) is 17.3 Å². The van der Waals surface area contributed by atoms with Crippen LogP contribution < -0.4 is 4.74 Å². The van der Waals surface area contributed by atoms with E-state index >= 15 is 0 Å². The van der Waals surface area contributed by atoms with E-state index in [2.05, 4.69) is 0 Å². The van der Waals surface area contributed by atoms with Crippen LogP contribution in [0.2, 0.25) is 5.02 Å². The van der Waals surface area contributed by atoms with Crippen molar-refractivity contribution in [2.24, 2.45) is 0 Å². The van der Waals surface area contributed by atoms with Gasteiger partial charge < -0.3 is 9.14 Å². The first-order valence-electron chi connectivity index (χ1n) is 6.14. The molecule has 1 aromatic carbocycles. The average molecular weight is 286 g/mol. The molecule has 0 saturated carbocycles. The number of carbonyl (C=O) groups excluding carboxylic acids is 1. The zero-order chi connectivity index (χ0) is 14.1. The number of pyridine rings is 1. The van der Waals surface area contributed by atoms with Crippen LogP contribution in [0.3, 0.4) is 0 Å². The third-order valence-electron chi connectivity index (χ3n) is 3.20. The summed E-state index contributed by atoms with van der Waals surface area (Å²) in [5.74, 6) is 0.730. The number of rotatable bonds is 3. The van der Waals surface area contributed by atoms with Crippen LogP contribution in [0.15, 0.2) is 54.7 Å². The third kappa shape index (κ3) is 2.17. The van der Waals surface area contributed by atoms with Crippen molar-refractivity contribution in [3.05, 3.63) is 71.0 Å². The molecule has 0 bridgehead atoms. The lowest BCUT2D eigenvalue weighted by atomic mass is 10.1. The van der Waals surface area contributed by atoms with Gasteiger partial charge in [0.15, 0.2) is 0 Å². The molecule has 2 aromatic heterocycles. The largest absolute Gasteiger partial charge is 0.497 e. The Hall–Kier alpha value is -2.26. The predicted octanol–water partition coefficient (Wildman–Crippen LogP) is 3.83. The molecule has 3 aromatic rings. The maximum absolute atomic E-state index is 12.5. The van der Waals surface area contributed by atoms with Gasteiger partial charge in [0.25, 0.3) is 0 Å². The molecule has 3 nitrogen and oxygen atoms in total. The summed E-state index contributed by atoms with van der Waals surface area (Å²) in [6.45, 7) is 0. The van der Waals surface area contributed by atoms with Gasteiger partial charge in [-0.3, -0.25) is 4.79 Å². The molecule has 100 valence electrons. The number of hydrogen-bond donors (Lipinski definition) is 0. The Morgan fingerprint density at radius 2 is 1.85 bits per heavy atom. The van der Waals surface area contributed by atoms with E-state index in [-0.39, 0.29) is 5.78 Å². The molecule has 3 rings (SSSR count). The predicted molar refractivity (Wildman–Crippen MR) is 78.8 cm³/mol. The standard InChI is InChI=1S/C16H12ClNO2/c1-20-14-8-9-18-13(10-14)6-7-15(18)16(19)11-2-4-12(17)5-3-11/h2-10H,1H3. The van der Waals surface area contributed by atoms with Crippen molar-refractivity contribution in [3.8, 4) is 5.75 Å². The van der Waals surface area contributed by atoms with E-state index in [1.165, 1.54) is 0 Å². The second-order valence-corrected chi connectivity index (χ2v) is 4.85. The van der Waals surface area contributed by atoms with Gasteiger partial charge in [-0.15, -0.1) is 0 Å². The molecular weight excluding hydrogens is 274 g/mol. The van der Waals surface area contributed by atoms with E-state index in [0.29, 0.717) is 16.3 Å². The molecule has 0 spiro atoms. The molecule has 2 heterocycles. The maximum Gasteiger partial charge on any atom is 0.209 e. The Kier molecular flexibility index (Phi) is 3.20.